The van der Waals surface area contributed by atoms with Gasteiger partial charge in [0.2, 0.25) is 0 Å². The minimum absolute atomic E-state index is 0.598. The zero-order chi connectivity index (χ0) is 11.0. The Morgan fingerprint density at radius 2 is 2.06 bits per heavy atom. The Bertz CT molecular complexity index is 640. The van der Waals surface area contributed by atoms with E-state index in [4.69, 9.17) is 5.73 Å². The number of hydrogen-bond acceptors (Lipinski definition) is 4. The van der Waals surface area contributed by atoms with E-state index in [0.29, 0.717) is 5.13 Å². The highest BCUT2D eigenvalue weighted by molar-refractivity contribution is 7.18. The summed E-state index contributed by atoms with van der Waals surface area (Å²) in [7, 11) is 0. The summed E-state index contributed by atoms with van der Waals surface area (Å²) in [6.45, 7) is 0. The van der Waals surface area contributed by atoms with E-state index in [1.54, 1.807) is 6.20 Å². The van der Waals surface area contributed by atoms with Gasteiger partial charge in [-0.1, -0.05) is 29.5 Å². The molecule has 2 N–H and O–H groups in total. The fraction of sp³-hybridized carbons (Fsp3) is 0. The van der Waals surface area contributed by atoms with Crippen molar-refractivity contribution >= 4 is 27.2 Å². The summed E-state index contributed by atoms with van der Waals surface area (Å²) in [4.78, 5) is 9.29. The van der Waals surface area contributed by atoms with E-state index >= 15 is 0 Å². The van der Waals surface area contributed by atoms with Crippen LogP contribution in [0, 0.1) is 0 Å². The third-order valence-corrected chi connectivity index (χ3v) is 3.33. The lowest BCUT2D eigenvalue weighted by atomic mass is 10.1. The summed E-state index contributed by atoms with van der Waals surface area (Å²) < 4.78 is 0. The second-order valence-electron chi connectivity index (χ2n) is 3.47. The fourth-order valence-electron chi connectivity index (χ4n) is 1.75. The highest BCUT2D eigenvalue weighted by Gasteiger charge is 2.06. The Labute approximate surface area is 96.6 Å². The minimum Gasteiger partial charge on any atom is -0.375 e. The van der Waals surface area contributed by atoms with E-state index in [9.17, 15) is 0 Å². The first kappa shape index (κ1) is 9.30. The summed E-state index contributed by atoms with van der Waals surface area (Å²) in [5.74, 6) is 0. The molecule has 16 heavy (non-hydrogen) atoms. The smallest absolute Gasteiger partial charge is 0.180 e. The van der Waals surface area contributed by atoms with E-state index < -0.39 is 0 Å². The first-order valence-corrected chi connectivity index (χ1v) is 5.70. The lowest BCUT2D eigenvalue weighted by molar-refractivity contribution is 1.36. The summed E-state index contributed by atoms with van der Waals surface area (Å²) in [5, 5.41) is 2.91. The normalized spacial score (nSPS) is 10.8. The molecule has 0 aliphatic rings. The van der Waals surface area contributed by atoms with Crippen molar-refractivity contribution in [3.05, 3.63) is 42.9 Å². The summed E-state index contributed by atoms with van der Waals surface area (Å²) in [6.07, 6.45) is 5.48. The third kappa shape index (κ3) is 1.44. The molecule has 0 saturated carbocycles. The molecule has 0 bridgehead atoms. The predicted molar refractivity (Wildman–Crippen MR) is 67.3 cm³/mol. The second kappa shape index (κ2) is 3.57. The van der Waals surface area contributed by atoms with Gasteiger partial charge in [-0.05, 0) is 11.5 Å². The van der Waals surface area contributed by atoms with Crippen LogP contribution in [-0.2, 0) is 0 Å². The Balaban J connectivity index is 2.31. The number of anilines is 1. The van der Waals surface area contributed by atoms with Crippen molar-refractivity contribution in [1.29, 1.82) is 0 Å². The van der Waals surface area contributed by atoms with Crippen molar-refractivity contribution in [2.75, 3.05) is 5.73 Å². The Morgan fingerprint density at radius 3 is 2.88 bits per heavy atom. The molecule has 0 aliphatic heterocycles. The molecule has 0 atom stereocenters. The van der Waals surface area contributed by atoms with Gasteiger partial charge in [-0.3, -0.25) is 4.98 Å². The van der Waals surface area contributed by atoms with Gasteiger partial charge in [0.1, 0.15) is 0 Å². The van der Waals surface area contributed by atoms with Crippen LogP contribution in [0.2, 0.25) is 0 Å². The predicted octanol–water partition coefficient (Wildman–Crippen LogP) is 2.94. The van der Waals surface area contributed by atoms with Crippen LogP contribution in [0.3, 0.4) is 0 Å². The molecule has 3 aromatic rings. The first-order chi connectivity index (χ1) is 7.84. The maximum Gasteiger partial charge on any atom is 0.180 e. The number of fused-ring (bicyclic) bond motifs is 1. The van der Waals surface area contributed by atoms with Gasteiger partial charge in [0.15, 0.2) is 5.13 Å². The van der Waals surface area contributed by atoms with Gasteiger partial charge in [-0.25, -0.2) is 4.98 Å². The number of thiazole rings is 1. The second-order valence-corrected chi connectivity index (χ2v) is 4.53. The van der Waals surface area contributed by atoms with Crippen LogP contribution in [0.15, 0.2) is 42.9 Å². The van der Waals surface area contributed by atoms with Crippen molar-refractivity contribution in [3.8, 4) is 10.4 Å². The fourth-order valence-corrected chi connectivity index (χ4v) is 2.47. The summed E-state index contributed by atoms with van der Waals surface area (Å²) in [6, 6.07) is 8.17. The van der Waals surface area contributed by atoms with Crippen molar-refractivity contribution in [2.24, 2.45) is 0 Å². The molecule has 3 nitrogen and oxygen atoms in total. The van der Waals surface area contributed by atoms with Crippen LogP contribution >= 0.6 is 11.3 Å². The van der Waals surface area contributed by atoms with Gasteiger partial charge in [0.25, 0.3) is 0 Å². The average Bonchev–Trinajstić information content (AvgIpc) is 2.75. The van der Waals surface area contributed by atoms with Gasteiger partial charge < -0.3 is 5.73 Å². The zero-order valence-electron chi connectivity index (χ0n) is 8.42. The number of hydrogen-bond donors (Lipinski definition) is 1. The molecule has 0 amide bonds. The number of nitrogen functional groups attached to an aromatic ring is 1. The van der Waals surface area contributed by atoms with Gasteiger partial charge in [0, 0.05) is 29.5 Å². The van der Waals surface area contributed by atoms with Gasteiger partial charge in [-0.2, -0.15) is 0 Å². The summed E-state index contributed by atoms with van der Waals surface area (Å²) >= 11 is 1.50. The van der Waals surface area contributed by atoms with Crippen LogP contribution in [0.1, 0.15) is 0 Å². The monoisotopic (exact) mass is 227 g/mol. The van der Waals surface area contributed by atoms with Crippen LogP contribution in [-0.4, -0.2) is 9.97 Å². The van der Waals surface area contributed by atoms with E-state index in [0.717, 1.165) is 15.8 Å². The Morgan fingerprint density at radius 1 is 1.12 bits per heavy atom. The number of nitrogens with two attached hydrogens (primary N) is 1. The van der Waals surface area contributed by atoms with E-state index in [-0.39, 0.29) is 0 Å². The Hall–Kier alpha value is -1.94. The van der Waals surface area contributed by atoms with Gasteiger partial charge in [0.05, 0.1) is 4.88 Å². The number of benzene rings is 1. The molecular formula is C12H9N3S. The minimum atomic E-state index is 0.598. The van der Waals surface area contributed by atoms with Crippen molar-refractivity contribution < 1.29 is 0 Å². The van der Waals surface area contributed by atoms with Gasteiger partial charge in [-0.15, -0.1) is 0 Å². The molecule has 0 unspecified atom stereocenters. The topological polar surface area (TPSA) is 51.8 Å². The molecule has 3 rings (SSSR count). The van der Waals surface area contributed by atoms with E-state index in [2.05, 4.69) is 22.1 Å². The van der Waals surface area contributed by atoms with Crippen molar-refractivity contribution in [1.82, 2.24) is 9.97 Å². The van der Waals surface area contributed by atoms with Crippen molar-refractivity contribution in [3.63, 3.8) is 0 Å². The van der Waals surface area contributed by atoms with Crippen LogP contribution in [0.25, 0.3) is 21.2 Å². The standard InChI is InChI=1S/C12H9N3S/c13-12-15-7-11(16-12)10-3-1-2-8-6-14-5-4-9(8)10/h1-7H,(H2,13,15). The molecule has 0 fully saturated rings. The number of rotatable bonds is 1. The highest BCUT2D eigenvalue weighted by atomic mass is 32.1. The number of nitrogens with zero attached hydrogens (tertiary/aromatic N) is 2. The molecule has 2 aromatic heterocycles. The molecule has 2 heterocycles. The van der Waals surface area contributed by atoms with Crippen LogP contribution in [0.4, 0.5) is 5.13 Å². The molecule has 0 spiro atoms. The quantitative estimate of drug-likeness (QED) is 0.695. The molecule has 0 radical (unpaired) electrons. The lowest BCUT2D eigenvalue weighted by Crippen LogP contribution is -1.79. The summed E-state index contributed by atoms with van der Waals surface area (Å²) in [5.41, 5.74) is 6.82. The number of aromatic nitrogens is 2. The molecule has 1 aromatic carbocycles. The highest BCUT2D eigenvalue weighted by Crippen LogP contribution is 2.32. The molecule has 0 saturated heterocycles. The molecule has 4 heteroatoms. The Kier molecular flexibility index (Phi) is 2.08. The number of pyridine rings is 1. The van der Waals surface area contributed by atoms with Crippen LogP contribution in [0.5, 0.6) is 0 Å². The molecule has 0 aliphatic carbocycles. The van der Waals surface area contributed by atoms with Crippen LogP contribution < -0.4 is 5.73 Å². The third-order valence-electron chi connectivity index (χ3n) is 2.47. The average molecular weight is 227 g/mol. The molecule has 78 valence electrons. The SMILES string of the molecule is Nc1ncc(-c2cccc3cnccc23)s1. The van der Waals surface area contributed by atoms with Gasteiger partial charge >= 0.3 is 0 Å². The van der Waals surface area contributed by atoms with E-state index in [1.165, 1.54) is 16.7 Å². The molecular weight excluding hydrogens is 218 g/mol. The maximum absolute atomic E-state index is 5.66. The van der Waals surface area contributed by atoms with E-state index in [1.807, 2.05) is 24.5 Å². The lowest BCUT2D eigenvalue weighted by Gasteiger charge is -2.02. The zero-order valence-corrected chi connectivity index (χ0v) is 9.24. The van der Waals surface area contributed by atoms with Crippen molar-refractivity contribution in [2.45, 2.75) is 0 Å². The largest absolute Gasteiger partial charge is 0.375 e. The maximum atomic E-state index is 5.66. The first-order valence-electron chi connectivity index (χ1n) is 4.89.